The molecular formula is C24H23BrN2OS. The first-order valence-electron chi connectivity index (χ1n) is 9.98. The third-order valence-electron chi connectivity index (χ3n) is 5.66. The van der Waals surface area contributed by atoms with Crippen LogP contribution < -0.4 is 4.74 Å². The fraction of sp³-hybridized carbons (Fsp3) is 0.292. The average Bonchev–Trinajstić information content (AvgIpc) is 3.34. The summed E-state index contributed by atoms with van der Waals surface area (Å²) in [5.74, 6) is 1.46. The van der Waals surface area contributed by atoms with Gasteiger partial charge in [0.05, 0.1) is 16.6 Å². The molecule has 0 saturated heterocycles. The molecule has 2 atom stereocenters. The van der Waals surface area contributed by atoms with Crippen molar-refractivity contribution in [2.24, 2.45) is 5.10 Å². The van der Waals surface area contributed by atoms with Crippen molar-refractivity contribution in [1.82, 2.24) is 5.01 Å². The van der Waals surface area contributed by atoms with Crippen LogP contribution in [0.2, 0.25) is 0 Å². The highest BCUT2D eigenvalue weighted by Gasteiger charge is 2.41. The Balaban J connectivity index is 1.57. The molecule has 3 heterocycles. The minimum absolute atomic E-state index is 0.184. The van der Waals surface area contributed by atoms with Crippen LogP contribution in [0.3, 0.4) is 0 Å². The van der Waals surface area contributed by atoms with Gasteiger partial charge in [-0.25, -0.2) is 5.01 Å². The number of fused-ring (bicyclic) bond motifs is 3. The number of halogens is 1. The normalized spacial score (nSPS) is 20.3. The molecule has 2 aliphatic heterocycles. The Kier molecular flexibility index (Phi) is 4.75. The minimum atomic E-state index is -0.214. The maximum Gasteiger partial charge on any atom is 0.213 e. The fourth-order valence-electron chi connectivity index (χ4n) is 4.06. The molecule has 2 aromatic carbocycles. The van der Waals surface area contributed by atoms with Crippen LogP contribution in [0.5, 0.6) is 5.75 Å². The number of aryl methyl sites for hydroxylation is 1. The molecule has 0 saturated carbocycles. The summed E-state index contributed by atoms with van der Waals surface area (Å²) in [7, 11) is 0. The van der Waals surface area contributed by atoms with E-state index in [4.69, 9.17) is 9.84 Å². The van der Waals surface area contributed by atoms with Crippen LogP contribution in [-0.4, -0.2) is 10.7 Å². The molecule has 0 spiro atoms. The van der Waals surface area contributed by atoms with Gasteiger partial charge in [0, 0.05) is 26.9 Å². The van der Waals surface area contributed by atoms with Gasteiger partial charge in [0.2, 0.25) is 6.23 Å². The van der Waals surface area contributed by atoms with Crippen molar-refractivity contribution in [1.29, 1.82) is 0 Å². The highest BCUT2D eigenvalue weighted by atomic mass is 79.9. The fourth-order valence-corrected chi connectivity index (χ4v) is 5.30. The third-order valence-corrected chi connectivity index (χ3v) is 7.21. The monoisotopic (exact) mass is 466 g/mol. The first-order valence-corrected chi connectivity index (χ1v) is 11.6. The molecule has 148 valence electrons. The van der Waals surface area contributed by atoms with Crippen molar-refractivity contribution in [3.8, 4) is 5.75 Å². The number of hydrogen-bond donors (Lipinski definition) is 0. The standard InChI is InChI=1S/C24H23BrN2OS/c1-14(2)16-5-7-17(8-6-16)24-27-21(19-12-18(25)9-10-22(19)28-24)13-20(26-27)23-11-4-15(3)29-23/h4-12,14,21,24H,13H2,1-3H3/t21-,24-/m1/s1. The van der Waals surface area contributed by atoms with Crippen LogP contribution in [-0.2, 0) is 0 Å². The SMILES string of the molecule is Cc1ccc(C2=NN3[C@H](C2)c2cc(Br)ccc2O[C@@H]3c2ccc(C(C)C)cc2)s1. The molecule has 29 heavy (non-hydrogen) atoms. The van der Waals surface area contributed by atoms with Crippen LogP contribution in [0, 0.1) is 6.92 Å². The Morgan fingerprint density at radius 1 is 1.10 bits per heavy atom. The van der Waals surface area contributed by atoms with Crippen molar-refractivity contribution in [3.05, 3.63) is 85.5 Å². The molecule has 2 aliphatic rings. The van der Waals surface area contributed by atoms with Crippen molar-refractivity contribution in [2.75, 3.05) is 0 Å². The van der Waals surface area contributed by atoms with E-state index >= 15 is 0 Å². The lowest BCUT2D eigenvalue weighted by Gasteiger charge is -2.38. The summed E-state index contributed by atoms with van der Waals surface area (Å²) in [6.07, 6.45) is 0.682. The molecule has 3 nitrogen and oxygen atoms in total. The largest absolute Gasteiger partial charge is 0.464 e. The lowest BCUT2D eigenvalue weighted by molar-refractivity contribution is -0.0190. The molecule has 0 unspecified atom stereocenters. The Labute approximate surface area is 184 Å². The lowest BCUT2D eigenvalue weighted by Crippen LogP contribution is -2.33. The van der Waals surface area contributed by atoms with Crippen LogP contribution in [0.15, 0.2) is 64.2 Å². The van der Waals surface area contributed by atoms with Gasteiger partial charge in [-0.2, -0.15) is 5.10 Å². The Bertz CT molecular complexity index is 1090. The van der Waals surface area contributed by atoms with Gasteiger partial charge in [-0.05, 0) is 48.7 Å². The maximum atomic E-state index is 6.48. The number of rotatable bonds is 3. The van der Waals surface area contributed by atoms with Crippen LogP contribution in [0.4, 0.5) is 0 Å². The van der Waals surface area contributed by atoms with Crippen molar-refractivity contribution < 1.29 is 4.74 Å². The molecule has 0 radical (unpaired) electrons. The van der Waals surface area contributed by atoms with Crippen LogP contribution in [0.1, 0.15) is 64.9 Å². The molecule has 3 aromatic rings. The van der Waals surface area contributed by atoms with Gasteiger partial charge in [0.15, 0.2) is 0 Å². The molecular weight excluding hydrogens is 444 g/mol. The number of nitrogens with zero attached hydrogens (tertiary/aromatic N) is 2. The number of hydrazone groups is 1. The summed E-state index contributed by atoms with van der Waals surface area (Å²) in [6.45, 7) is 6.58. The average molecular weight is 467 g/mol. The van der Waals surface area contributed by atoms with E-state index in [2.05, 4.69) is 90.2 Å². The van der Waals surface area contributed by atoms with Crippen molar-refractivity contribution in [2.45, 2.75) is 45.4 Å². The van der Waals surface area contributed by atoms with Gasteiger partial charge in [-0.1, -0.05) is 54.0 Å². The second-order valence-electron chi connectivity index (χ2n) is 8.03. The minimum Gasteiger partial charge on any atom is -0.464 e. The maximum absolute atomic E-state index is 6.48. The number of hydrogen-bond acceptors (Lipinski definition) is 4. The summed E-state index contributed by atoms with van der Waals surface area (Å²) in [6, 6.07) is 19.6. The second-order valence-corrected chi connectivity index (χ2v) is 10.2. The van der Waals surface area contributed by atoms with Gasteiger partial charge < -0.3 is 4.74 Å². The summed E-state index contributed by atoms with van der Waals surface area (Å²) in [5, 5.41) is 7.21. The second kappa shape index (κ2) is 7.29. The first-order chi connectivity index (χ1) is 14.0. The quantitative estimate of drug-likeness (QED) is 0.408. The smallest absolute Gasteiger partial charge is 0.213 e. The summed E-state index contributed by atoms with van der Waals surface area (Å²) >= 11 is 5.43. The van der Waals surface area contributed by atoms with Crippen LogP contribution >= 0.6 is 27.3 Å². The Hall–Kier alpha value is -2.11. The number of benzene rings is 2. The lowest BCUT2D eigenvalue weighted by atomic mass is 9.97. The van der Waals surface area contributed by atoms with Gasteiger partial charge in [-0.15, -0.1) is 11.3 Å². The molecule has 1 aromatic heterocycles. The highest BCUT2D eigenvalue weighted by molar-refractivity contribution is 9.10. The van der Waals surface area contributed by atoms with Crippen molar-refractivity contribution in [3.63, 3.8) is 0 Å². The zero-order chi connectivity index (χ0) is 20.1. The van der Waals surface area contributed by atoms with E-state index in [1.807, 2.05) is 17.4 Å². The van der Waals surface area contributed by atoms with Gasteiger partial charge in [-0.3, -0.25) is 0 Å². The number of thiophene rings is 1. The molecule has 5 rings (SSSR count). The topological polar surface area (TPSA) is 24.8 Å². The summed E-state index contributed by atoms with van der Waals surface area (Å²) < 4.78 is 7.55. The molecule has 5 heteroatoms. The van der Waals surface area contributed by atoms with Gasteiger partial charge >= 0.3 is 0 Å². The highest BCUT2D eigenvalue weighted by Crippen LogP contribution is 2.48. The van der Waals surface area contributed by atoms with E-state index in [0.29, 0.717) is 5.92 Å². The molecule has 0 amide bonds. The summed E-state index contributed by atoms with van der Waals surface area (Å²) in [5.41, 5.74) is 4.82. The van der Waals surface area contributed by atoms with Gasteiger partial charge in [0.25, 0.3) is 0 Å². The molecule has 0 aliphatic carbocycles. The molecule has 0 N–H and O–H groups in total. The first kappa shape index (κ1) is 18.9. The zero-order valence-corrected chi connectivity index (χ0v) is 19.1. The molecule has 0 fully saturated rings. The Morgan fingerprint density at radius 2 is 1.90 bits per heavy atom. The summed E-state index contributed by atoms with van der Waals surface area (Å²) in [4.78, 5) is 2.56. The van der Waals surface area contributed by atoms with Gasteiger partial charge in [0.1, 0.15) is 5.75 Å². The number of ether oxygens (including phenoxy) is 1. The third kappa shape index (κ3) is 3.40. The molecule has 0 bridgehead atoms. The Morgan fingerprint density at radius 3 is 2.59 bits per heavy atom. The van der Waals surface area contributed by atoms with E-state index in [1.165, 1.54) is 20.9 Å². The van der Waals surface area contributed by atoms with E-state index in [1.54, 1.807) is 0 Å². The predicted octanol–water partition coefficient (Wildman–Crippen LogP) is 7.18. The van der Waals surface area contributed by atoms with E-state index in [0.717, 1.165) is 27.9 Å². The zero-order valence-electron chi connectivity index (χ0n) is 16.7. The predicted molar refractivity (Wildman–Crippen MR) is 123 cm³/mol. The van der Waals surface area contributed by atoms with E-state index in [9.17, 15) is 0 Å². The van der Waals surface area contributed by atoms with E-state index < -0.39 is 0 Å². The van der Waals surface area contributed by atoms with Crippen LogP contribution in [0.25, 0.3) is 0 Å². The van der Waals surface area contributed by atoms with E-state index in [-0.39, 0.29) is 12.3 Å². The van der Waals surface area contributed by atoms with Crippen molar-refractivity contribution >= 4 is 33.0 Å².